The quantitative estimate of drug-likeness (QED) is 0.672. The largest absolute Gasteiger partial charge is 0.477 e. The number of amides is 1. The van der Waals surface area contributed by atoms with Crippen LogP contribution in [0.4, 0.5) is 5.69 Å². The highest BCUT2D eigenvalue weighted by atomic mass is 32.1. The van der Waals surface area contributed by atoms with Crippen LogP contribution in [0.15, 0.2) is 36.5 Å². The molecule has 2 aromatic heterocycles. The topological polar surface area (TPSA) is 127 Å². The smallest absolute Gasteiger partial charge is 0.270 e. The molecule has 0 spiro atoms. The van der Waals surface area contributed by atoms with E-state index in [1.165, 1.54) is 17.6 Å². The van der Waals surface area contributed by atoms with Crippen LogP contribution in [-0.2, 0) is 6.54 Å². The molecule has 136 valence electrons. The van der Waals surface area contributed by atoms with E-state index < -0.39 is 5.91 Å². The zero-order chi connectivity index (χ0) is 19.2. The maximum absolute atomic E-state index is 12.4. The summed E-state index contributed by atoms with van der Waals surface area (Å²) in [6.45, 7) is 2.40. The summed E-state index contributed by atoms with van der Waals surface area (Å²) < 4.78 is 9.15. The van der Waals surface area contributed by atoms with Gasteiger partial charge in [0.2, 0.25) is 5.88 Å². The average molecular weight is 380 g/mol. The fraction of sp³-hybridized carbons (Fsp3) is 0.167. The zero-order valence-corrected chi connectivity index (χ0v) is 15.3. The van der Waals surface area contributed by atoms with E-state index >= 15 is 0 Å². The number of nitrogens with zero attached hydrogens (tertiary/aromatic N) is 4. The molecule has 0 aliphatic heterocycles. The average Bonchev–Trinajstić information content (AvgIpc) is 3.21. The number of nitrogens with one attached hydrogen (secondary N) is 1. The summed E-state index contributed by atoms with van der Waals surface area (Å²) in [6, 6.07) is 11.0. The first kappa shape index (κ1) is 18.3. The number of ether oxygens (including phenoxy) is 1. The molecule has 1 amide bonds. The van der Waals surface area contributed by atoms with Crippen LogP contribution in [0.1, 0.15) is 28.5 Å². The van der Waals surface area contributed by atoms with Gasteiger partial charge in [0.25, 0.3) is 5.91 Å². The minimum Gasteiger partial charge on any atom is -0.477 e. The molecule has 9 heteroatoms. The van der Waals surface area contributed by atoms with E-state index in [2.05, 4.69) is 19.9 Å². The third-order valence-electron chi connectivity index (χ3n) is 3.70. The number of nitrogen functional groups attached to an aromatic ring is 1. The van der Waals surface area contributed by atoms with E-state index in [-0.39, 0.29) is 22.8 Å². The highest BCUT2D eigenvalue weighted by Gasteiger charge is 2.16. The van der Waals surface area contributed by atoms with E-state index in [1.807, 2.05) is 30.3 Å². The summed E-state index contributed by atoms with van der Waals surface area (Å²) >= 11 is 1.32. The summed E-state index contributed by atoms with van der Waals surface area (Å²) in [4.78, 5) is 17.5. The highest BCUT2D eigenvalue weighted by molar-refractivity contribution is 7.09. The minimum absolute atomic E-state index is 0.0627. The molecule has 0 saturated heterocycles. The van der Waals surface area contributed by atoms with Crippen LogP contribution in [0.3, 0.4) is 0 Å². The third-order valence-corrected chi connectivity index (χ3v) is 4.41. The SMILES string of the molecule is CCOc1nc(C(=O)NCc2ccc(-c3cnns3)cc2)cc(N)c1C#N. The van der Waals surface area contributed by atoms with E-state index in [0.717, 1.165) is 16.0 Å². The van der Waals surface area contributed by atoms with Gasteiger partial charge < -0.3 is 15.8 Å². The number of aromatic nitrogens is 3. The van der Waals surface area contributed by atoms with Gasteiger partial charge in [-0.05, 0) is 35.6 Å². The van der Waals surface area contributed by atoms with Crippen molar-refractivity contribution < 1.29 is 9.53 Å². The zero-order valence-electron chi connectivity index (χ0n) is 14.5. The summed E-state index contributed by atoms with van der Waals surface area (Å²) in [5.41, 5.74) is 8.16. The summed E-state index contributed by atoms with van der Waals surface area (Å²) in [5.74, 6) is -0.337. The molecule has 0 atom stereocenters. The Bertz CT molecular complexity index is 980. The third kappa shape index (κ3) is 4.19. The number of nitrogens with two attached hydrogens (primary N) is 1. The van der Waals surface area contributed by atoms with Crippen molar-refractivity contribution in [3.05, 3.63) is 53.3 Å². The Morgan fingerprint density at radius 1 is 1.37 bits per heavy atom. The lowest BCUT2D eigenvalue weighted by molar-refractivity contribution is 0.0945. The molecule has 27 heavy (non-hydrogen) atoms. The van der Waals surface area contributed by atoms with Crippen LogP contribution >= 0.6 is 11.5 Å². The second-order valence-electron chi connectivity index (χ2n) is 5.48. The maximum atomic E-state index is 12.4. The Kier molecular flexibility index (Phi) is 5.58. The number of pyridine rings is 1. The van der Waals surface area contributed by atoms with Crippen LogP contribution in [0.2, 0.25) is 0 Å². The second-order valence-corrected chi connectivity index (χ2v) is 6.27. The number of carbonyl (C=O) groups excluding carboxylic acids is 1. The Morgan fingerprint density at radius 2 is 2.15 bits per heavy atom. The molecule has 2 heterocycles. The molecule has 8 nitrogen and oxygen atoms in total. The van der Waals surface area contributed by atoms with Crippen LogP contribution in [0.25, 0.3) is 10.4 Å². The van der Waals surface area contributed by atoms with Crippen LogP contribution in [0.5, 0.6) is 5.88 Å². The maximum Gasteiger partial charge on any atom is 0.270 e. The monoisotopic (exact) mass is 380 g/mol. The predicted octanol–water partition coefficient (Wildman–Crippen LogP) is 2.38. The Morgan fingerprint density at radius 3 is 2.78 bits per heavy atom. The molecule has 0 radical (unpaired) electrons. The molecular weight excluding hydrogens is 364 g/mol. The first-order valence-electron chi connectivity index (χ1n) is 8.10. The summed E-state index contributed by atoms with van der Waals surface area (Å²) in [5, 5.41) is 15.7. The lowest BCUT2D eigenvalue weighted by atomic mass is 10.1. The number of anilines is 1. The van der Waals surface area contributed by atoms with E-state index in [4.69, 9.17) is 15.7 Å². The van der Waals surface area contributed by atoms with Crippen molar-refractivity contribution >= 4 is 23.1 Å². The normalized spacial score (nSPS) is 10.2. The number of hydrogen-bond acceptors (Lipinski definition) is 8. The van der Waals surface area contributed by atoms with Gasteiger partial charge in [0.05, 0.1) is 23.4 Å². The van der Waals surface area contributed by atoms with Crippen molar-refractivity contribution in [3.8, 4) is 22.4 Å². The lowest BCUT2D eigenvalue weighted by Crippen LogP contribution is -2.24. The molecule has 3 N–H and O–H groups in total. The van der Waals surface area contributed by atoms with E-state index in [1.54, 1.807) is 13.1 Å². The van der Waals surface area contributed by atoms with Crippen molar-refractivity contribution in [3.63, 3.8) is 0 Å². The highest BCUT2D eigenvalue weighted by Crippen LogP contribution is 2.23. The fourth-order valence-electron chi connectivity index (χ4n) is 2.36. The van der Waals surface area contributed by atoms with Gasteiger partial charge in [0.15, 0.2) is 0 Å². The van der Waals surface area contributed by atoms with Crippen molar-refractivity contribution in [2.24, 2.45) is 0 Å². The van der Waals surface area contributed by atoms with Crippen molar-refractivity contribution in [2.45, 2.75) is 13.5 Å². The molecule has 0 aliphatic carbocycles. The van der Waals surface area contributed by atoms with Crippen molar-refractivity contribution in [2.75, 3.05) is 12.3 Å². The molecule has 0 bridgehead atoms. The lowest BCUT2D eigenvalue weighted by Gasteiger charge is -2.10. The summed E-state index contributed by atoms with van der Waals surface area (Å²) in [6.07, 6.45) is 1.71. The number of rotatable bonds is 6. The van der Waals surface area contributed by atoms with E-state index in [0.29, 0.717) is 13.2 Å². The molecule has 1 aromatic carbocycles. The van der Waals surface area contributed by atoms with Crippen LogP contribution in [0, 0.1) is 11.3 Å². The molecule has 3 rings (SSSR count). The summed E-state index contributed by atoms with van der Waals surface area (Å²) in [7, 11) is 0. The van der Waals surface area contributed by atoms with Gasteiger partial charge in [-0.2, -0.15) is 5.26 Å². The predicted molar refractivity (Wildman–Crippen MR) is 101 cm³/mol. The van der Waals surface area contributed by atoms with Crippen LogP contribution in [-0.4, -0.2) is 27.1 Å². The number of carbonyl (C=O) groups is 1. The van der Waals surface area contributed by atoms with Gasteiger partial charge in [0.1, 0.15) is 17.3 Å². The van der Waals surface area contributed by atoms with Gasteiger partial charge in [-0.25, -0.2) is 4.98 Å². The first-order valence-corrected chi connectivity index (χ1v) is 8.88. The number of nitriles is 1. The molecule has 3 aromatic rings. The van der Waals surface area contributed by atoms with Crippen LogP contribution < -0.4 is 15.8 Å². The Balaban J connectivity index is 1.70. The van der Waals surface area contributed by atoms with Gasteiger partial charge in [-0.3, -0.25) is 4.79 Å². The molecule has 0 saturated carbocycles. The Hall–Kier alpha value is -3.51. The standard InChI is InChI=1S/C18H16N6O2S/c1-2-26-18-13(8-19)14(20)7-15(23-18)17(25)21-9-11-3-5-12(6-4-11)16-10-22-24-27-16/h3-7,10H,2,9H2,1H3,(H2,20,23)(H,21,25). The van der Waals surface area contributed by atoms with Gasteiger partial charge in [-0.1, -0.05) is 28.8 Å². The minimum atomic E-state index is -0.400. The Labute approximate surface area is 159 Å². The second kappa shape index (κ2) is 8.25. The van der Waals surface area contributed by atoms with Gasteiger partial charge in [0, 0.05) is 6.54 Å². The molecule has 0 aliphatic rings. The molecule has 0 unspecified atom stereocenters. The number of hydrogen-bond donors (Lipinski definition) is 2. The van der Waals surface area contributed by atoms with E-state index in [9.17, 15) is 4.79 Å². The molecule has 0 fully saturated rings. The number of benzene rings is 1. The van der Waals surface area contributed by atoms with Crippen molar-refractivity contribution in [1.29, 1.82) is 5.26 Å². The van der Waals surface area contributed by atoms with Gasteiger partial charge >= 0.3 is 0 Å². The van der Waals surface area contributed by atoms with Gasteiger partial charge in [-0.15, -0.1) is 5.10 Å². The van der Waals surface area contributed by atoms with Crippen molar-refractivity contribution in [1.82, 2.24) is 19.9 Å². The molecular formula is C18H16N6O2S. The fourth-order valence-corrected chi connectivity index (χ4v) is 2.88. The first-order chi connectivity index (χ1) is 13.1.